The maximum atomic E-state index is 13.0. The summed E-state index contributed by atoms with van der Waals surface area (Å²) in [7, 11) is 0. The van der Waals surface area contributed by atoms with Crippen molar-refractivity contribution in [2.24, 2.45) is 0 Å². The first-order chi connectivity index (χ1) is 13.3. The minimum absolute atomic E-state index is 0.0537. The molecule has 0 radical (unpaired) electrons. The number of para-hydroxylation sites is 1. The number of ether oxygens (including phenoxy) is 1. The van der Waals surface area contributed by atoms with Gasteiger partial charge in [0, 0.05) is 24.2 Å². The van der Waals surface area contributed by atoms with Gasteiger partial charge in [0.2, 0.25) is 0 Å². The lowest BCUT2D eigenvalue weighted by atomic mass is 10.0. The van der Waals surface area contributed by atoms with Crippen LogP contribution in [0, 0.1) is 0 Å². The Kier molecular flexibility index (Phi) is 5.20. The number of carbonyl (C=O) groups is 1. The maximum Gasteiger partial charge on any atom is 0.258 e. The smallest absolute Gasteiger partial charge is 0.258 e. The molecule has 4 rings (SSSR count). The normalized spacial score (nSPS) is 13.1. The topological polar surface area (TPSA) is 29.5 Å². The molecular weight excluding hydrogens is 334 g/mol. The van der Waals surface area contributed by atoms with Gasteiger partial charge in [0.25, 0.3) is 5.91 Å². The Morgan fingerprint density at radius 1 is 0.889 bits per heavy atom. The van der Waals surface area contributed by atoms with Gasteiger partial charge in [-0.05, 0) is 54.3 Å². The summed E-state index contributed by atoms with van der Waals surface area (Å²) in [4.78, 5) is 14.9. The van der Waals surface area contributed by atoms with E-state index in [9.17, 15) is 4.79 Å². The number of benzene rings is 3. The number of nitrogens with zero attached hydrogens (tertiary/aromatic N) is 1. The number of hydrogen-bond acceptors (Lipinski definition) is 2. The number of fused-ring (bicyclic) bond motifs is 1. The molecule has 1 aliphatic rings. The lowest BCUT2D eigenvalue weighted by molar-refractivity contribution is 0.0985. The van der Waals surface area contributed by atoms with Gasteiger partial charge in [0.1, 0.15) is 5.75 Å². The third-order valence-corrected chi connectivity index (χ3v) is 4.96. The Hall–Kier alpha value is -3.07. The molecular formula is C24H23NO2. The van der Waals surface area contributed by atoms with Crippen LogP contribution >= 0.6 is 0 Å². The van der Waals surface area contributed by atoms with Gasteiger partial charge in [-0.1, -0.05) is 48.5 Å². The fourth-order valence-corrected chi connectivity index (χ4v) is 3.53. The van der Waals surface area contributed by atoms with Gasteiger partial charge in [-0.2, -0.15) is 0 Å². The lowest BCUT2D eigenvalue weighted by Crippen LogP contribution is -2.35. The Morgan fingerprint density at radius 2 is 1.63 bits per heavy atom. The molecule has 3 aromatic rings. The Morgan fingerprint density at radius 3 is 2.44 bits per heavy atom. The molecule has 1 aliphatic heterocycles. The lowest BCUT2D eigenvalue weighted by Gasteiger charge is -2.29. The quantitative estimate of drug-likeness (QED) is 0.650. The van der Waals surface area contributed by atoms with Crippen LogP contribution in [0.4, 0.5) is 5.69 Å². The third kappa shape index (κ3) is 4.03. The van der Waals surface area contributed by atoms with Crippen LogP contribution in [-0.2, 0) is 12.8 Å². The molecule has 0 aliphatic carbocycles. The highest BCUT2D eigenvalue weighted by atomic mass is 16.5. The van der Waals surface area contributed by atoms with Gasteiger partial charge in [-0.3, -0.25) is 4.79 Å². The maximum absolute atomic E-state index is 13.0. The summed E-state index contributed by atoms with van der Waals surface area (Å²) < 4.78 is 5.82. The van der Waals surface area contributed by atoms with Crippen LogP contribution in [0.3, 0.4) is 0 Å². The van der Waals surface area contributed by atoms with Crippen molar-refractivity contribution in [2.45, 2.75) is 19.3 Å². The van der Waals surface area contributed by atoms with Crippen LogP contribution in [0.5, 0.6) is 5.75 Å². The summed E-state index contributed by atoms with van der Waals surface area (Å²) in [6.07, 6.45) is 2.91. The summed E-state index contributed by atoms with van der Waals surface area (Å²) in [6.45, 7) is 1.39. The second-order valence-electron chi connectivity index (χ2n) is 6.80. The summed E-state index contributed by atoms with van der Waals surface area (Å²) in [5.74, 6) is 0.847. The van der Waals surface area contributed by atoms with E-state index in [0.29, 0.717) is 12.2 Å². The molecule has 0 atom stereocenters. The molecule has 3 aromatic carbocycles. The number of rotatable bonds is 5. The molecule has 0 saturated heterocycles. The van der Waals surface area contributed by atoms with Crippen molar-refractivity contribution < 1.29 is 9.53 Å². The summed E-state index contributed by atoms with van der Waals surface area (Å²) in [6, 6.07) is 25.9. The van der Waals surface area contributed by atoms with Gasteiger partial charge in [-0.15, -0.1) is 0 Å². The second kappa shape index (κ2) is 8.09. The highest BCUT2D eigenvalue weighted by Gasteiger charge is 2.23. The first-order valence-corrected chi connectivity index (χ1v) is 9.48. The zero-order valence-corrected chi connectivity index (χ0v) is 15.3. The Labute approximate surface area is 160 Å². The zero-order chi connectivity index (χ0) is 18.5. The molecule has 0 aromatic heterocycles. The van der Waals surface area contributed by atoms with E-state index in [1.165, 1.54) is 11.1 Å². The van der Waals surface area contributed by atoms with E-state index in [4.69, 9.17) is 4.74 Å². The van der Waals surface area contributed by atoms with Crippen molar-refractivity contribution in [2.75, 3.05) is 18.1 Å². The van der Waals surface area contributed by atoms with Crippen molar-refractivity contribution in [3.63, 3.8) is 0 Å². The van der Waals surface area contributed by atoms with Crippen LogP contribution in [0.15, 0.2) is 78.9 Å². The van der Waals surface area contributed by atoms with Crippen molar-refractivity contribution >= 4 is 11.6 Å². The van der Waals surface area contributed by atoms with E-state index in [-0.39, 0.29) is 5.91 Å². The van der Waals surface area contributed by atoms with Crippen LogP contribution in [-0.4, -0.2) is 19.1 Å². The van der Waals surface area contributed by atoms with Gasteiger partial charge in [0.15, 0.2) is 0 Å². The predicted octanol–water partition coefficient (Wildman–Crippen LogP) is 4.90. The van der Waals surface area contributed by atoms with Gasteiger partial charge < -0.3 is 9.64 Å². The van der Waals surface area contributed by atoms with E-state index >= 15 is 0 Å². The van der Waals surface area contributed by atoms with Crippen LogP contribution < -0.4 is 9.64 Å². The fraction of sp³-hybridized carbons (Fsp3) is 0.208. The number of anilines is 1. The van der Waals surface area contributed by atoms with E-state index < -0.39 is 0 Å². The van der Waals surface area contributed by atoms with Crippen LogP contribution in [0.2, 0.25) is 0 Å². The largest absolute Gasteiger partial charge is 0.493 e. The molecule has 1 amide bonds. The predicted molar refractivity (Wildman–Crippen MR) is 109 cm³/mol. The molecule has 0 unspecified atom stereocenters. The van der Waals surface area contributed by atoms with Crippen molar-refractivity contribution in [1.29, 1.82) is 0 Å². The average molecular weight is 357 g/mol. The number of carbonyl (C=O) groups excluding carboxylic acids is 1. The Bertz CT molecular complexity index is 903. The molecule has 0 fully saturated rings. The zero-order valence-electron chi connectivity index (χ0n) is 15.3. The second-order valence-corrected chi connectivity index (χ2v) is 6.80. The van der Waals surface area contributed by atoms with E-state index in [1.807, 2.05) is 65.6 Å². The minimum Gasteiger partial charge on any atom is -0.493 e. The Balaban J connectivity index is 1.40. The molecule has 3 heteroatoms. The van der Waals surface area contributed by atoms with Crippen LogP contribution in [0.1, 0.15) is 27.9 Å². The number of hydrogen-bond donors (Lipinski definition) is 0. The van der Waals surface area contributed by atoms with E-state index in [1.54, 1.807) is 0 Å². The highest BCUT2D eigenvalue weighted by molar-refractivity contribution is 6.06. The van der Waals surface area contributed by atoms with Gasteiger partial charge in [-0.25, -0.2) is 0 Å². The molecule has 0 spiro atoms. The molecule has 27 heavy (non-hydrogen) atoms. The molecule has 1 heterocycles. The SMILES string of the molecule is O=C(c1ccc(OCCc2ccccc2)cc1)N1CCCc2ccccc21. The third-order valence-electron chi connectivity index (χ3n) is 4.96. The first-order valence-electron chi connectivity index (χ1n) is 9.48. The first kappa shape index (κ1) is 17.3. The van der Waals surface area contributed by atoms with Gasteiger partial charge in [0.05, 0.1) is 6.61 Å². The molecule has 0 saturated carbocycles. The summed E-state index contributed by atoms with van der Waals surface area (Å²) in [5, 5.41) is 0. The van der Waals surface area contributed by atoms with Crippen molar-refractivity contribution in [3.05, 3.63) is 95.6 Å². The minimum atomic E-state index is 0.0537. The van der Waals surface area contributed by atoms with Crippen molar-refractivity contribution in [3.8, 4) is 5.75 Å². The molecule has 0 N–H and O–H groups in total. The summed E-state index contributed by atoms with van der Waals surface area (Å²) >= 11 is 0. The van der Waals surface area contributed by atoms with Crippen LogP contribution in [0.25, 0.3) is 0 Å². The molecule has 0 bridgehead atoms. The van der Waals surface area contributed by atoms with E-state index in [0.717, 1.165) is 37.2 Å². The monoisotopic (exact) mass is 357 g/mol. The molecule has 3 nitrogen and oxygen atoms in total. The number of aryl methyl sites for hydroxylation is 1. The number of amides is 1. The van der Waals surface area contributed by atoms with E-state index in [2.05, 4.69) is 18.2 Å². The standard InChI is InChI=1S/C24H23NO2/c26-24(25-17-6-10-20-9-4-5-11-23(20)25)21-12-14-22(15-13-21)27-18-16-19-7-2-1-3-8-19/h1-5,7-9,11-15H,6,10,16-18H2. The summed E-state index contributed by atoms with van der Waals surface area (Å²) in [5.41, 5.74) is 4.24. The highest BCUT2D eigenvalue weighted by Crippen LogP contribution is 2.28. The van der Waals surface area contributed by atoms with Gasteiger partial charge >= 0.3 is 0 Å². The average Bonchev–Trinajstić information content (AvgIpc) is 2.74. The van der Waals surface area contributed by atoms with Crippen molar-refractivity contribution in [1.82, 2.24) is 0 Å². The fourth-order valence-electron chi connectivity index (χ4n) is 3.53. The molecule has 136 valence electrons.